The number of nitrogens with one attached hydrogen (secondary N) is 1. The first kappa shape index (κ1) is 17.3. The number of fused-ring (bicyclic) bond motifs is 3. The lowest BCUT2D eigenvalue weighted by Gasteiger charge is -2.35. The number of aromatic amines is 1. The first-order valence-corrected chi connectivity index (χ1v) is 9.00. The lowest BCUT2D eigenvalue weighted by atomic mass is 9.92. The van der Waals surface area contributed by atoms with E-state index in [1.807, 2.05) is 23.1 Å². The normalized spacial score (nSPS) is 17.5. The molecule has 0 unspecified atom stereocenters. The summed E-state index contributed by atoms with van der Waals surface area (Å²) in [6.45, 7) is 4.89. The summed E-state index contributed by atoms with van der Waals surface area (Å²) in [5.74, 6) is -0.0178. The van der Waals surface area contributed by atoms with E-state index in [0.717, 1.165) is 29.4 Å². The largest absolute Gasteiger partial charge is 0.356 e. The van der Waals surface area contributed by atoms with Crippen molar-refractivity contribution in [2.24, 2.45) is 5.92 Å². The van der Waals surface area contributed by atoms with Crippen LogP contribution in [-0.2, 0) is 6.42 Å². The molecule has 26 heavy (non-hydrogen) atoms. The number of H-pyrrole nitrogens is 1. The van der Waals surface area contributed by atoms with E-state index in [1.54, 1.807) is 0 Å². The van der Waals surface area contributed by atoms with Crippen LogP contribution in [0.3, 0.4) is 0 Å². The van der Waals surface area contributed by atoms with Crippen LogP contribution < -0.4 is 4.90 Å². The van der Waals surface area contributed by atoms with Gasteiger partial charge in [-0.2, -0.15) is 13.8 Å². The monoisotopic (exact) mass is 380 g/mol. The maximum atomic E-state index is 12.8. The van der Waals surface area contributed by atoms with Crippen molar-refractivity contribution < 1.29 is 13.3 Å². The fourth-order valence-corrected chi connectivity index (χ4v) is 3.87. The van der Waals surface area contributed by atoms with Gasteiger partial charge in [0.1, 0.15) is 0 Å². The van der Waals surface area contributed by atoms with Crippen LogP contribution in [0.2, 0.25) is 5.02 Å². The van der Waals surface area contributed by atoms with Gasteiger partial charge in [-0.3, -0.25) is 0 Å². The van der Waals surface area contributed by atoms with E-state index >= 15 is 0 Å². The molecule has 0 radical (unpaired) electrons. The van der Waals surface area contributed by atoms with Crippen LogP contribution >= 0.6 is 11.6 Å². The molecular weight excluding hydrogens is 362 g/mol. The van der Waals surface area contributed by atoms with Crippen LogP contribution in [0.25, 0.3) is 10.9 Å². The average Bonchev–Trinajstić information content (AvgIpc) is 3.19. The van der Waals surface area contributed by atoms with Gasteiger partial charge in [-0.1, -0.05) is 25.4 Å². The molecule has 8 heteroatoms. The first-order valence-electron chi connectivity index (χ1n) is 8.62. The molecule has 138 valence electrons. The van der Waals surface area contributed by atoms with Gasteiger partial charge >= 0.3 is 6.43 Å². The molecule has 2 aromatic heterocycles. The SMILES string of the molecule is CC(C)C[C@H]1c2[nH]c3ccc(Cl)cc3c2CCN1c1noc(C(F)F)n1. The number of hydrogen-bond acceptors (Lipinski definition) is 4. The van der Waals surface area contributed by atoms with Gasteiger partial charge in [0.05, 0.1) is 6.04 Å². The zero-order valence-electron chi connectivity index (χ0n) is 14.5. The summed E-state index contributed by atoms with van der Waals surface area (Å²) in [5.41, 5.74) is 3.32. The van der Waals surface area contributed by atoms with E-state index in [2.05, 4.69) is 29.0 Å². The molecule has 0 bridgehead atoms. The molecule has 0 amide bonds. The molecule has 0 saturated heterocycles. The average molecular weight is 381 g/mol. The molecule has 0 spiro atoms. The quantitative estimate of drug-likeness (QED) is 0.668. The fourth-order valence-electron chi connectivity index (χ4n) is 3.70. The summed E-state index contributed by atoms with van der Waals surface area (Å²) in [4.78, 5) is 9.34. The molecule has 3 heterocycles. The highest BCUT2D eigenvalue weighted by Gasteiger charge is 2.34. The van der Waals surface area contributed by atoms with E-state index in [0.29, 0.717) is 17.5 Å². The second kappa shape index (κ2) is 6.54. The van der Waals surface area contributed by atoms with Crippen LogP contribution in [0.1, 0.15) is 49.9 Å². The first-order chi connectivity index (χ1) is 12.4. The lowest BCUT2D eigenvalue weighted by molar-refractivity contribution is 0.106. The third kappa shape index (κ3) is 2.94. The van der Waals surface area contributed by atoms with Gasteiger partial charge in [0.25, 0.3) is 11.8 Å². The highest BCUT2D eigenvalue weighted by Crippen LogP contribution is 2.40. The lowest BCUT2D eigenvalue weighted by Crippen LogP contribution is -2.37. The predicted molar refractivity (Wildman–Crippen MR) is 95.8 cm³/mol. The molecule has 1 aromatic carbocycles. The number of rotatable bonds is 4. The minimum absolute atomic E-state index is 0.0342. The van der Waals surface area contributed by atoms with Crippen molar-refractivity contribution >= 4 is 28.5 Å². The van der Waals surface area contributed by atoms with Crippen LogP contribution in [0, 0.1) is 5.92 Å². The van der Waals surface area contributed by atoms with Crippen molar-refractivity contribution in [1.29, 1.82) is 0 Å². The number of aromatic nitrogens is 3. The zero-order chi connectivity index (χ0) is 18.4. The Hall–Kier alpha value is -2.15. The summed E-state index contributed by atoms with van der Waals surface area (Å²) in [5, 5.41) is 5.59. The summed E-state index contributed by atoms with van der Waals surface area (Å²) in [6, 6.07) is 5.76. The molecular formula is C18H19ClF2N4O. The molecule has 5 nitrogen and oxygen atoms in total. The Morgan fingerprint density at radius 2 is 2.19 bits per heavy atom. The number of hydrogen-bond donors (Lipinski definition) is 1. The topological polar surface area (TPSA) is 58.0 Å². The smallest absolute Gasteiger partial charge is 0.316 e. The Morgan fingerprint density at radius 1 is 1.38 bits per heavy atom. The Labute approximate surface area is 154 Å². The van der Waals surface area contributed by atoms with Crippen molar-refractivity contribution in [3.05, 3.63) is 40.4 Å². The van der Waals surface area contributed by atoms with Crippen molar-refractivity contribution in [3.8, 4) is 0 Å². The van der Waals surface area contributed by atoms with Gasteiger partial charge < -0.3 is 14.4 Å². The highest BCUT2D eigenvalue weighted by atomic mass is 35.5. The molecule has 0 saturated carbocycles. The van der Waals surface area contributed by atoms with Gasteiger partial charge in [-0.25, -0.2) is 0 Å². The second-order valence-corrected chi connectivity index (χ2v) is 7.47. The molecule has 1 N–H and O–H groups in total. The van der Waals surface area contributed by atoms with Crippen molar-refractivity contribution in [2.75, 3.05) is 11.4 Å². The van der Waals surface area contributed by atoms with Gasteiger partial charge in [-0.05, 0) is 47.7 Å². The van der Waals surface area contributed by atoms with E-state index < -0.39 is 12.3 Å². The Bertz CT molecular complexity index is 937. The molecule has 1 aliphatic heterocycles. The Morgan fingerprint density at radius 3 is 2.88 bits per heavy atom. The van der Waals surface area contributed by atoms with Crippen LogP contribution in [0.4, 0.5) is 14.7 Å². The van der Waals surface area contributed by atoms with Crippen molar-refractivity contribution in [3.63, 3.8) is 0 Å². The van der Waals surface area contributed by atoms with Gasteiger partial charge in [0.15, 0.2) is 0 Å². The van der Waals surface area contributed by atoms with Gasteiger partial charge in [0.2, 0.25) is 0 Å². The van der Waals surface area contributed by atoms with E-state index in [1.165, 1.54) is 5.56 Å². The van der Waals surface area contributed by atoms with Crippen LogP contribution in [-0.4, -0.2) is 21.7 Å². The molecule has 4 rings (SSSR count). The summed E-state index contributed by atoms with van der Waals surface area (Å²) in [6.07, 6.45) is -1.18. The number of benzene rings is 1. The van der Waals surface area contributed by atoms with Crippen LogP contribution in [0.5, 0.6) is 0 Å². The Kier molecular flexibility index (Phi) is 4.34. The van der Waals surface area contributed by atoms with E-state index in [-0.39, 0.29) is 12.0 Å². The van der Waals surface area contributed by atoms with Crippen LogP contribution in [0.15, 0.2) is 22.7 Å². The third-order valence-corrected chi connectivity index (χ3v) is 5.02. The molecule has 0 aliphatic carbocycles. The molecule has 0 fully saturated rings. The summed E-state index contributed by atoms with van der Waals surface area (Å²) >= 11 is 6.17. The minimum Gasteiger partial charge on any atom is -0.356 e. The molecule has 1 aliphatic rings. The fraction of sp³-hybridized carbons (Fsp3) is 0.444. The summed E-state index contributed by atoms with van der Waals surface area (Å²) in [7, 11) is 0. The van der Waals surface area contributed by atoms with E-state index in [9.17, 15) is 8.78 Å². The minimum atomic E-state index is -2.77. The maximum absolute atomic E-state index is 12.8. The number of nitrogens with zero attached hydrogens (tertiary/aromatic N) is 3. The zero-order valence-corrected chi connectivity index (χ0v) is 15.2. The molecule has 1 atom stereocenters. The van der Waals surface area contributed by atoms with E-state index in [4.69, 9.17) is 16.1 Å². The standard InChI is InChI=1S/C18H19ClF2N4O/c1-9(2)7-14-15-11(12-8-10(19)3-4-13(12)22-15)5-6-25(14)18-23-17(16(20)21)26-24-18/h3-4,8-9,14,16,22H,5-7H2,1-2H3/t14-/m0/s1. The highest BCUT2D eigenvalue weighted by molar-refractivity contribution is 6.31. The molecule has 3 aromatic rings. The predicted octanol–water partition coefficient (Wildman–Crippen LogP) is 5.29. The maximum Gasteiger partial charge on any atom is 0.316 e. The number of anilines is 1. The van der Waals surface area contributed by atoms with Gasteiger partial charge in [-0.15, -0.1) is 0 Å². The number of halogens is 3. The van der Waals surface area contributed by atoms with Gasteiger partial charge in [0, 0.05) is 28.2 Å². The third-order valence-electron chi connectivity index (χ3n) is 4.78. The Balaban J connectivity index is 1.78. The number of alkyl halides is 2. The second-order valence-electron chi connectivity index (χ2n) is 7.03. The van der Waals surface area contributed by atoms with Crippen molar-refractivity contribution in [2.45, 2.75) is 39.2 Å². The van der Waals surface area contributed by atoms with Crippen molar-refractivity contribution in [1.82, 2.24) is 15.1 Å². The summed E-state index contributed by atoms with van der Waals surface area (Å²) < 4.78 is 30.4.